The van der Waals surface area contributed by atoms with E-state index in [1.54, 1.807) is 12.1 Å². The van der Waals surface area contributed by atoms with E-state index in [4.69, 9.17) is 12.2 Å². The molecule has 0 saturated carbocycles. The molecule has 0 radical (unpaired) electrons. The van der Waals surface area contributed by atoms with E-state index in [1.165, 1.54) is 43.0 Å². The monoisotopic (exact) mass is 293 g/mol. The molecule has 1 aliphatic rings. The van der Waals surface area contributed by atoms with E-state index >= 15 is 0 Å². The first-order valence-corrected chi connectivity index (χ1v) is 7.29. The van der Waals surface area contributed by atoms with Crippen molar-refractivity contribution in [1.29, 1.82) is 0 Å². The Kier molecular flexibility index (Phi) is 3.67. The van der Waals surface area contributed by atoms with E-state index in [9.17, 15) is 4.39 Å². The van der Waals surface area contributed by atoms with E-state index in [2.05, 4.69) is 5.10 Å². The lowest BCUT2D eigenvalue weighted by Crippen LogP contribution is -3.09. The van der Waals surface area contributed by atoms with Crippen LogP contribution in [0, 0.1) is 10.6 Å². The van der Waals surface area contributed by atoms with Crippen molar-refractivity contribution in [2.75, 3.05) is 13.1 Å². The fourth-order valence-electron chi connectivity index (χ4n) is 2.69. The Morgan fingerprint density at radius 3 is 2.55 bits per heavy atom. The molecular formula is C14H18FN4S+. The molecule has 2 heterocycles. The molecule has 1 aromatic carbocycles. The summed E-state index contributed by atoms with van der Waals surface area (Å²) in [5.41, 5.74) is 0.884. The van der Waals surface area contributed by atoms with Crippen LogP contribution in [0.2, 0.25) is 0 Å². The third kappa shape index (κ3) is 2.53. The van der Waals surface area contributed by atoms with Crippen LogP contribution < -0.4 is 4.90 Å². The van der Waals surface area contributed by atoms with Crippen LogP contribution >= 0.6 is 12.2 Å². The molecule has 20 heavy (non-hydrogen) atoms. The summed E-state index contributed by atoms with van der Waals surface area (Å²) in [5, 5.41) is 4.60. The third-order valence-electron chi connectivity index (χ3n) is 3.83. The van der Waals surface area contributed by atoms with E-state index in [1.807, 2.05) is 16.3 Å². The van der Waals surface area contributed by atoms with Gasteiger partial charge in [-0.2, -0.15) is 4.68 Å². The number of nitrogens with one attached hydrogen (secondary N) is 1. The standard InChI is InChI=1S/C14H17FN4S/c1-17-13(11-4-6-12(15)7-5-11)16-19(14(17)20)10-18-8-2-3-9-18/h4-7H,2-3,8-10H2,1H3/p+1. The smallest absolute Gasteiger partial charge is 0.202 e. The minimum absolute atomic E-state index is 0.240. The fraction of sp³-hybridized carbons (Fsp3) is 0.429. The maximum atomic E-state index is 13.0. The highest BCUT2D eigenvalue weighted by Crippen LogP contribution is 2.17. The molecule has 1 aromatic heterocycles. The zero-order valence-electron chi connectivity index (χ0n) is 11.5. The number of hydrogen-bond donors (Lipinski definition) is 1. The fourth-order valence-corrected chi connectivity index (χ4v) is 2.88. The van der Waals surface area contributed by atoms with Gasteiger partial charge >= 0.3 is 0 Å². The van der Waals surface area contributed by atoms with Gasteiger partial charge in [-0.25, -0.2) is 4.39 Å². The molecule has 0 aliphatic carbocycles. The Balaban J connectivity index is 1.92. The number of nitrogens with zero attached hydrogens (tertiary/aromatic N) is 3. The number of halogens is 1. The van der Waals surface area contributed by atoms with Gasteiger partial charge in [0.25, 0.3) is 0 Å². The summed E-state index contributed by atoms with van der Waals surface area (Å²) in [6.45, 7) is 3.18. The maximum Gasteiger partial charge on any atom is 0.202 e. The molecule has 1 fully saturated rings. The number of likely N-dealkylation sites (tertiary alicyclic amines) is 1. The van der Waals surface area contributed by atoms with Gasteiger partial charge in [-0.05, 0) is 36.5 Å². The quantitative estimate of drug-likeness (QED) is 0.866. The first kappa shape index (κ1) is 13.5. The van der Waals surface area contributed by atoms with Crippen LogP contribution in [0.4, 0.5) is 4.39 Å². The highest BCUT2D eigenvalue weighted by atomic mass is 32.1. The van der Waals surface area contributed by atoms with Gasteiger partial charge in [0.15, 0.2) is 12.5 Å². The number of benzene rings is 1. The molecule has 106 valence electrons. The van der Waals surface area contributed by atoms with Gasteiger partial charge in [-0.3, -0.25) is 0 Å². The number of quaternary nitrogens is 1. The van der Waals surface area contributed by atoms with Gasteiger partial charge in [0.05, 0.1) is 13.1 Å². The van der Waals surface area contributed by atoms with Gasteiger partial charge < -0.3 is 9.47 Å². The van der Waals surface area contributed by atoms with Crippen LogP contribution in [0.3, 0.4) is 0 Å². The van der Waals surface area contributed by atoms with Gasteiger partial charge in [-0.1, -0.05) is 0 Å². The summed E-state index contributed by atoms with van der Waals surface area (Å²) in [7, 11) is 1.91. The highest BCUT2D eigenvalue weighted by Gasteiger charge is 2.18. The Labute approximate surface area is 122 Å². The molecule has 1 saturated heterocycles. The molecule has 6 heteroatoms. The van der Waals surface area contributed by atoms with Crippen LogP contribution in [-0.2, 0) is 13.7 Å². The summed E-state index contributed by atoms with van der Waals surface area (Å²) in [6, 6.07) is 6.37. The Hall–Kier alpha value is -1.53. The van der Waals surface area contributed by atoms with E-state index in [0.29, 0.717) is 4.77 Å². The first-order valence-electron chi connectivity index (χ1n) is 6.88. The lowest BCUT2D eigenvalue weighted by Gasteiger charge is -2.10. The number of hydrogen-bond acceptors (Lipinski definition) is 2. The predicted octanol–water partition coefficient (Wildman–Crippen LogP) is 1.39. The number of aromatic nitrogens is 3. The average molecular weight is 293 g/mol. The zero-order valence-corrected chi connectivity index (χ0v) is 12.3. The van der Waals surface area contributed by atoms with Crippen molar-refractivity contribution in [2.24, 2.45) is 7.05 Å². The number of rotatable bonds is 3. The maximum absolute atomic E-state index is 13.0. The van der Waals surface area contributed by atoms with Crippen LogP contribution in [0.1, 0.15) is 12.8 Å². The second kappa shape index (κ2) is 5.46. The first-order chi connectivity index (χ1) is 9.65. The molecule has 4 nitrogen and oxygen atoms in total. The summed E-state index contributed by atoms with van der Waals surface area (Å²) in [4.78, 5) is 1.52. The second-order valence-corrected chi connectivity index (χ2v) is 5.65. The van der Waals surface area contributed by atoms with Crippen molar-refractivity contribution in [3.8, 4) is 11.4 Å². The lowest BCUT2D eigenvalue weighted by molar-refractivity contribution is -0.911. The predicted molar refractivity (Wildman–Crippen MR) is 77.4 cm³/mol. The van der Waals surface area contributed by atoms with Crippen LogP contribution in [-0.4, -0.2) is 27.4 Å². The van der Waals surface area contributed by atoms with E-state index in [0.717, 1.165) is 18.1 Å². The molecule has 1 aliphatic heterocycles. The molecule has 1 N–H and O–H groups in total. The Bertz CT molecular complexity index is 653. The zero-order chi connectivity index (χ0) is 14.1. The van der Waals surface area contributed by atoms with Crippen molar-refractivity contribution < 1.29 is 9.29 Å². The molecule has 0 bridgehead atoms. The van der Waals surface area contributed by atoms with E-state index in [-0.39, 0.29) is 5.82 Å². The molecule has 0 atom stereocenters. The van der Waals surface area contributed by atoms with Crippen molar-refractivity contribution in [3.63, 3.8) is 0 Å². The van der Waals surface area contributed by atoms with Gasteiger partial charge in [0, 0.05) is 25.5 Å². The SMILES string of the molecule is Cn1c(-c2ccc(F)cc2)nn(C[NH+]2CCCC2)c1=S. The van der Waals surface area contributed by atoms with Gasteiger partial charge in [0.2, 0.25) is 4.77 Å². The van der Waals surface area contributed by atoms with Crippen molar-refractivity contribution >= 4 is 12.2 Å². The second-order valence-electron chi connectivity index (χ2n) is 5.29. The summed E-state index contributed by atoms with van der Waals surface area (Å²) >= 11 is 5.45. The molecule has 3 rings (SSSR count). The van der Waals surface area contributed by atoms with Crippen LogP contribution in [0.5, 0.6) is 0 Å². The molecular weight excluding hydrogens is 275 g/mol. The highest BCUT2D eigenvalue weighted by molar-refractivity contribution is 7.71. The molecule has 2 aromatic rings. The normalized spacial score (nSPS) is 15.9. The van der Waals surface area contributed by atoms with Gasteiger partial charge in [-0.15, -0.1) is 5.10 Å². The minimum Gasteiger partial charge on any atom is -0.316 e. The largest absolute Gasteiger partial charge is 0.316 e. The van der Waals surface area contributed by atoms with Crippen LogP contribution in [0.15, 0.2) is 24.3 Å². The summed E-state index contributed by atoms with van der Waals surface area (Å²) in [6.07, 6.45) is 2.56. The third-order valence-corrected chi connectivity index (χ3v) is 4.31. The molecule has 0 amide bonds. The summed E-state index contributed by atoms with van der Waals surface area (Å²) in [5.74, 6) is 0.546. The topological polar surface area (TPSA) is 27.2 Å². The Morgan fingerprint density at radius 2 is 1.90 bits per heavy atom. The van der Waals surface area contributed by atoms with Crippen molar-refractivity contribution in [2.45, 2.75) is 19.5 Å². The molecule has 0 spiro atoms. The Morgan fingerprint density at radius 1 is 1.25 bits per heavy atom. The minimum atomic E-state index is -0.240. The van der Waals surface area contributed by atoms with Crippen molar-refractivity contribution in [1.82, 2.24) is 14.3 Å². The summed E-state index contributed by atoms with van der Waals surface area (Å²) < 4.78 is 17.5. The van der Waals surface area contributed by atoms with Crippen molar-refractivity contribution in [3.05, 3.63) is 34.9 Å². The molecule has 0 unspecified atom stereocenters. The van der Waals surface area contributed by atoms with E-state index < -0.39 is 0 Å². The average Bonchev–Trinajstić information content (AvgIpc) is 3.04. The van der Waals surface area contributed by atoms with Gasteiger partial charge in [0.1, 0.15) is 5.82 Å². The lowest BCUT2D eigenvalue weighted by atomic mass is 10.2. The van der Waals surface area contributed by atoms with Crippen LogP contribution in [0.25, 0.3) is 11.4 Å².